The molecule has 0 spiro atoms. The van der Waals surface area contributed by atoms with Crippen LogP contribution in [0.2, 0.25) is 37.8 Å². The van der Waals surface area contributed by atoms with E-state index in [9.17, 15) is 4.21 Å². The summed E-state index contributed by atoms with van der Waals surface area (Å²) in [5, 5.41) is 0.171. The van der Waals surface area contributed by atoms with Gasteiger partial charge in [-0.1, -0.05) is 40.4 Å². The fourth-order valence-electron chi connectivity index (χ4n) is 1.43. The summed E-state index contributed by atoms with van der Waals surface area (Å²) in [6.45, 7) is 24.4. The zero-order valence-corrected chi connectivity index (χ0v) is 20.5. The van der Waals surface area contributed by atoms with Crippen LogP contribution in [0.5, 0.6) is 0 Å². The first kappa shape index (κ1) is 24.1. The summed E-state index contributed by atoms with van der Waals surface area (Å²) < 4.78 is 21.8. The topological polar surface area (TPSA) is 38.3 Å². The molecule has 0 heterocycles. The zero-order valence-electron chi connectivity index (χ0n) is 17.7. The van der Waals surface area contributed by atoms with Crippen LogP contribution < -0.4 is 4.72 Å². The maximum atomic E-state index is 12.5. The summed E-state index contributed by atoms with van der Waals surface area (Å²) in [7, 11) is -4.32. The lowest BCUT2D eigenvalue weighted by atomic mass is 10.2. The van der Waals surface area contributed by atoms with Gasteiger partial charge in [-0.2, -0.15) is 0 Å². The Hall–Kier alpha value is 0.0638. The molecule has 0 aromatic carbocycles. The molecule has 0 aliphatic carbocycles. The maximum Gasteiger partial charge on any atom is 0.192 e. The van der Waals surface area contributed by atoms with Gasteiger partial charge in [0.05, 0.1) is 28.4 Å². The normalized spacial score (nSPS) is 16.3. The number of hydrogen-bond acceptors (Lipinski definition) is 2. The Morgan fingerprint density at radius 2 is 1.54 bits per heavy atom. The van der Waals surface area contributed by atoms with Crippen molar-refractivity contribution in [3.05, 3.63) is 0 Å². The molecule has 0 radical (unpaired) electrons. The van der Waals surface area contributed by atoms with Crippen molar-refractivity contribution in [1.29, 1.82) is 0 Å². The molecule has 24 heavy (non-hydrogen) atoms. The van der Waals surface area contributed by atoms with E-state index >= 15 is 0 Å². The molecule has 0 fully saturated rings. The predicted molar refractivity (Wildman–Crippen MR) is 114 cm³/mol. The van der Waals surface area contributed by atoms with Crippen molar-refractivity contribution in [3.63, 3.8) is 0 Å². The quantitative estimate of drug-likeness (QED) is 0.528. The molecule has 142 valence electrons. The lowest BCUT2D eigenvalue weighted by Crippen LogP contribution is -2.47. The van der Waals surface area contributed by atoms with Crippen LogP contribution in [-0.4, -0.2) is 38.0 Å². The molecule has 0 aromatic rings. The molecular weight excluding hydrogens is 350 g/mol. The van der Waals surface area contributed by atoms with Gasteiger partial charge >= 0.3 is 0 Å². The van der Waals surface area contributed by atoms with Crippen LogP contribution in [0.3, 0.4) is 0 Å². The average molecular weight is 390 g/mol. The Morgan fingerprint density at radius 3 is 1.92 bits per heavy atom. The van der Waals surface area contributed by atoms with Crippen molar-refractivity contribution in [2.45, 2.75) is 96.5 Å². The van der Waals surface area contributed by atoms with Gasteiger partial charge in [0.2, 0.25) is 0 Å². The zero-order chi connectivity index (χ0) is 19.4. The lowest BCUT2D eigenvalue weighted by Gasteiger charge is -2.37. The highest BCUT2D eigenvalue weighted by molar-refractivity contribution is 7.84. The van der Waals surface area contributed by atoms with Gasteiger partial charge in [0.25, 0.3) is 0 Å². The fraction of sp³-hybridized carbons (Fsp3) is 0.889. The van der Waals surface area contributed by atoms with E-state index in [-0.39, 0.29) is 15.8 Å². The van der Waals surface area contributed by atoms with Gasteiger partial charge < -0.3 is 4.43 Å². The van der Waals surface area contributed by atoms with Crippen LogP contribution >= 0.6 is 0 Å². The molecule has 0 aliphatic rings. The summed E-state index contributed by atoms with van der Waals surface area (Å²) in [6, 6.07) is 0.00281. The van der Waals surface area contributed by atoms with E-state index in [2.05, 4.69) is 69.7 Å². The molecule has 3 nitrogen and oxygen atoms in total. The summed E-state index contributed by atoms with van der Waals surface area (Å²) in [6.07, 6.45) is 0.681. The Labute approximate surface area is 155 Å². The number of nitrogens with one attached hydrogen (secondary N) is 1. The highest BCUT2D eigenvalue weighted by Crippen LogP contribution is 2.36. The Morgan fingerprint density at radius 1 is 1.04 bits per heavy atom. The summed E-state index contributed by atoms with van der Waals surface area (Å²) in [4.78, 5) is 0. The summed E-state index contributed by atoms with van der Waals surface area (Å²) >= 11 is 0. The van der Waals surface area contributed by atoms with Gasteiger partial charge in [0.15, 0.2) is 8.32 Å². The van der Waals surface area contributed by atoms with Gasteiger partial charge in [-0.25, -0.2) is 8.93 Å². The second-order valence-electron chi connectivity index (χ2n) is 10.0. The van der Waals surface area contributed by atoms with Gasteiger partial charge in [0.1, 0.15) is 8.07 Å². The molecule has 0 aliphatic heterocycles. The van der Waals surface area contributed by atoms with E-state index < -0.39 is 27.4 Å². The summed E-state index contributed by atoms with van der Waals surface area (Å²) in [5.74, 6) is 3.31. The highest BCUT2D eigenvalue weighted by Gasteiger charge is 2.37. The molecule has 0 rings (SSSR count). The van der Waals surface area contributed by atoms with Crippen molar-refractivity contribution >= 4 is 27.4 Å². The predicted octanol–water partition coefficient (Wildman–Crippen LogP) is 4.70. The minimum atomic E-state index is -1.82. The Balaban J connectivity index is 5.05. The first-order chi connectivity index (χ1) is 10.5. The second kappa shape index (κ2) is 8.63. The van der Waals surface area contributed by atoms with Crippen molar-refractivity contribution in [3.8, 4) is 11.5 Å². The maximum absolute atomic E-state index is 12.5. The molecule has 0 saturated heterocycles. The molecule has 1 N–H and O–H groups in total. The van der Waals surface area contributed by atoms with Crippen LogP contribution in [0, 0.1) is 11.5 Å². The van der Waals surface area contributed by atoms with Crippen LogP contribution in [-0.2, 0) is 15.4 Å². The largest absolute Gasteiger partial charge is 0.415 e. The van der Waals surface area contributed by atoms with Crippen molar-refractivity contribution in [2.24, 2.45) is 0 Å². The fourth-order valence-corrected chi connectivity index (χ4v) is 3.92. The molecule has 2 atom stereocenters. The molecule has 0 saturated carbocycles. The second-order valence-corrected chi connectivity index (χ2v) is 21.6. The van der Waals surface area contributed by atoms with E-state index in [0.717, 1.165) is 0 Å². The molecule has 0 amide bonds. The third-order valence-corrected chi connectivity index (χ3v) is 11.2. The molecule has 0 aromatic heterocycles. The lowest BCUT2D eigenvalue weighted by molar-refractivity contribution is 0.257. The minimum absolute atomic E-state index is 0.00281. The van der Waals surface area contributed by atoms with Crippen molar-refractivity contribution in [2.75, 3.05) is 6.61 Å². The number of rotatable bonds is 6. The van der Waals surface area contributed by atoms with Crippen LogP contribution in [0.15, 0.2) is 0 Å². The highest BCUT2D eigenvalue weighted by atomic mass is 32.2. The van der Waals surface area contributed by atoms with Crippen LogP contribution in [0.25, 0.3) is 0 Å². The van der Waals surface area contributed by atoms with Crippen molar-refractivity contribution in [1.82, 2.24) is 4.72 Å². The molecule has 0 bridgehead atoms. The van der Waals surface area contributed by atoms with E-state index in [1.54, 1.807) is 0 Å². The smallest absolute Gasteiger partial charge is 0.192 e. The summed E-state index contributed by atoms with van der Waals surface area (Å²) in [5.41, 5.74) is 3.40. The van der Waals surface area contributed by atoms with Gasteiger partial charge in [-0.05, 0) is 38.9 Å². The Bertz CT molecular complexity index is 488. The van der Waals surface area contributed by atoms with E-state index in [1.807, 2.05) is 20.8 Å². The molecule has 6 heteroatoms. The van der Waals surface area contributed by atoms with Gasteiger partial charge in [-0.3, -0.25) is 0 Å². The van der Waals surface area contributed by atoms with E-state index in [1.165, 1.54) is 0 Å². The standard InChI is InChI=1S/C18H39NO2SSi2/c1-17(2,3)22(20)19-16(13-12-14-23(7,8)9)15-21-24(10,11)18(4,5)6/h16,19H,13,15H2,1-11H3/t16-,22+/m1/s1. The first-order valence-electron chi connectivity index (χ1n) is 8.78. The van der Waals surface area contributed by atoms with Crippen molar-refractivity contribution < 1.29 is 8.63 Å². The first-order valence-corrected chi connectivity index (χ1v) is 16.3. The number of hydrogen-bond donors (Lipinski definition) is 1. The average Bonchev–Trinajstić information content (AvgIpc) is 2.31. The molecule has 0 unspecified atom stereocenters. The Kier molecular flexibility index (Phi) is 8.66. The van der Waals surface area contributed by atoms with Crippen LogP contribution in [0.4, 0.5) is 0 Å². The SMILES string of the molecule is CC(C)(C)[S@](=O)N[C@H](CC#C[Si](C)(C)C)CO[Si](C)(C)C(C)(C)C. The van der Waals surface area contributed by atoms with Gasteiger partial charge in [0, 0.05) is 6.42 Å². The third kappa shape index (κ3) is 9.52. The minimum Gasteiger partial charge on any atom is -0.415 e. The van der Waals surface area contributed by atoms with E-state index in [4.69, 9.17) is 4.43 Å². The van der Waals surface area contributed by atoms with Crippen LogP contribution in [0.1, 0.15) is 48.0 Å². The van der Waals surface area contributed by atoms with Gasteiger partial charge in [-0.15, -0.1) is 11.5 Å². The third-order valence-electron chi connectivity index (χ3n) is 4.09. The molecular formula is C18H39NO2SSi2. The van der Waals surface area contributed by atoms with E-state index in [0.29, 0.717) is 13.0 Å². The monoisotopic (exact) mass is 389 g/mol.